The third-order valence-electron chi connectivity index (χ3n) is 4.42. The van der Waals surface area contributed by atoms with Crippen LogP contribution >= 0.6 is 12.4 Å². The Morgan fingerprint density at radius 2 is 1.83 bits per heavy atom. The average molecular weight is 437 g/mol. The van der Waals surface area contributed by atoms with Crippen LogP contribution in [0.2, 0.25) is 0 Å². The van der Waals surface area contributed by atoms with Gasteiger partial charge in [-0.3, -0.25) is 9.59 Å². The van der Waals surface area contributed by atoms with Gasteiger partial charge in [0.05, 0.1) is 30.8 Å². The maximum atomic E-state index is 13.2. The molecule has 1 aromatic carbocycles. The smallest absolute Gasteiger partial charge is 0.329 e. The summed E-state index contributed by atoms with van der Waals surface area (Å²) in [5, 5.41) is 11.5. The molecule has 29 heavy (non-hydrogen) atoms. The number of unbranched alkanes of at least 4 members (excludes halogenated alkanes) is 1. The Bertz CT molecular complexity index is 769. The van der Waals surface area contributed by atoms with Gasteiger partial charge in [-0.15, -0.1) is 12.4 Å². The van der Waals surface area contributed by atoms with Gasteiger partial charge >= 0.3 is 11.8 Å². The van der Waals surface area contributed by atoms with E-state index in [1.807, 2.05) is 6.07 Å². The van der Waals surface area contributed by atoms with Crippen molar-refractivity contribution in [3.8, 4) is 6.07 Å². The van der Waals surface area contributed by atoms with Crippen LogP contribution < -0.4 is 11.1 Å². The van der Waals surface area contributed by atoms with E-state index in [1.165, 1.54) is 6.07 Å². The first kappa shape index (κ1) is 24.7. The number of likely N-dealkylation sites (tertiary alicyclic amines) is 1. The summed E-state index contributed by atoms with van der Waals surface area (Å²) in [4.78, 5) is 24.3. The minimum atomic E-state index is -4.25. The zero-order valence-electron chi connectivity index (χ0n) is 15.3. The molecule has 1 aliphatic rings. The van der Waals surface area contributed by atoms with Crippen LogP contribution in [0.5, 0.6) is 0 Å². The topological polar surface area (TPSA) is 99.2 Å². The molecule has 2 rings (SSSR count). The molecule has 1 atom stereocenters. The highest BCUT2D eigenvalue weighted by atomic mass is 35.5. The van der Waals surface area contributed by atoms with Crippen molar-refractivity contribution in [1.82, 2.24) is 10.2 Å². The van der Waals surface area contributed by atoms with Gasteiger partial charge in [-0.2, -0.15) is 22.8 Å². The second-order valence-electron chi connectivity index (χ2n) is 6.65. The average Bonchev–Trinajstić information content (AvgIpc) is 2.87. The highest BCUT2D eigenvalue weighted by molar-refractivity contribution is 5.94. The van der Waals surface area contributed by atoms with Crippen molar-refractivity contribution in [3.63, 3.8) is 0 Å². The number of amides is 2. The number of nitrogens with zero attached hydrogens (tertiary/aromatic N) is 2. The van der Waals surface area contributed by atoms with Crippen molar-refractivity contribution >= 4 is 24.2 Å². The molecular weight excluding hydrogens is 416 g/mol. The van der Waals surface area contributed by atoms with Gasteiger partial charge in [-0.1, -0.05) is 6.07 Å². The molecule has 2 amide bonds. The Kier molecular flexibility index (Phi) is 8.41. The summed E-state index contributed by atoms with van der Waals surface area (Å²) in [5.74, 6) is -9.81. The normalized spacial score (nSPS) is 17.7. The highest BCUT2D eigenvalue weighted by Crippen LogP contribution is 2.41. The number of carbonyl (C=O) groups excluding carboxylic acids is 2. The second-order valence-corrected chi connectivity index (χ2v) is 6.65. The van der Waals surface area contributed by atoms with Gasteiger partial charge in [0.2, 0.25) is 5.91 Å². The Hall–Kier alpha value is -2.38. The Morgan fingerprint density at radius 1 is 1.21 bits per heavy atom. The summed E-state index contributed by atoms with van der Waals surface area (Å²) in [6, 6.07) is 6.94. The number of rotatable bonds is 7. The van der Waals surface area contributed by atoms with Crippen LogP contribution in [0.4, 0.5) is 17.6 Å². The molecule has 0 aromatic heterocycles. The van der Waals surface area contributed by atoms with Gasteiger partial charge in [0.25, 0.3) is 5.91 Å². The van der Waals surface area contributed by atoms with Gasteiger partial charge < -0.3 is 16.0 Å². The number of benzene rings is 1. The van der Waals surface area contributed by atoms with Gasteiger partial charge in [0.1, 0.15) is 0 Å². The number of carbonyl (C=O) groups is 2. The molecule has 0 spiro atoms. The van der Waals surface area contributed by atoms with E-state index in [9.17, 15) is 27.2 Å². The lowest BCUT2D eigenvalue weighted by atomic mass is 10.1. The monoisotopic (exact) mass is 436 g/mol. The van der Waals surface area contributed by atoms with Crippen LogP contribution in [0.3, 0.4) is 0 Å². The molecule has 0 bridgehead atoms. The summed E-state index contributed by atoms with van der Waals surface area (Å²) in [7, 11) is 0. The first-order valence-electron chi connectivity index (χ1n) is 8.66. The molecule has 1 aliphatic heterocycles. The molecular formula is C18H21ClF4N4O2. The van der Waals surface area contributed by atoms with Crippen LogP contribution in [0.25, 0.3) is 0 Å². The van der Waals surface area contributed by atoms with Gasteiger partial charge in [-0.25, -0.2) is 0 Å². The minimum absolute atomic E-state index is 0. The molecule has 160 valence electrons. The SMILES string of the molecule is Cl.N#Cc1cccc(C(=O)NCCCC[C@H](N)C(=O)N2CC(F)(F)C(F)(F)C2)c1. The second kappa shape index (κ2) is 9.89. The third-order valence-corrected chi connectivity index (χ3v) is 4.42. The van der Waals surface area contributed by atoms with Crippen molar-refractivity contribution in [2.24, 2.45) is 5.73 Å². The summed E-state index contributed by atoms with van der Waals surface area (Å²) in [6.07, 6.45) is 0.968. The standard InChI is InChI=1S/C18H20F4N4O2.ClH/c19-17(20)10-26(11-18(17,21)22)16(28)14(24)6-1-2-7-25-15(27)13-5-3-4-12(8-13)9-23;/h3-5,8,14H,1-2,6-7,10-11,24H2,(H,25,27);1H/t14-;/m0./s1. The van der Waals surface area contributed by atoms with E-state index in [2.05, 4.69) is 5.32 Å². The van der Waals surface area contributed by atoms with E-state index >= 15 is 0 Å². The number of nitrogens with one attached hydrogen (secondary N) is 1. The number of hydrogen-bond acceptors (Lipinski definition) is 4. The maximum absolute atomic E-state index is 13.2. The van der Waals surface area contributed by atoms with Crippen LogP contribution in [-0.4, -0.2) is 54.2 Å². The lowest BCUT2D eigenvalue weighted by Gasteiger charge is -2.19. The predicted molar refractivity (Wildman–Crippen MR) is 99.0 cm³/mol. The van der Waals surface area contributed by atoms with Crippen molar-refractivity contribution < 1.29 is 27.2 Å². The van der Waals surface area contributed by atoms with Crippen LogP contribution in [-0.2, 0) is 4.79 Å². The number of nitriles is 1. The largest absolute Gasteiger partial charge is 0.352 e. The molecule has 0 unspecified atom stereocenters. The molecule has 1 fully saturated rings. The molecule has 1 aromatic rings. The number of alkyl halides is 4. The lowest BCUT2D eigenvalue weighted by Crippen LogP contribution is -2.43. The van der Waals surface area contributed by atoms with E-state index < -0.39 is 36.9 Å². The molecule has 1 heterocycles. The van der Waals surface area contributed by atoms with E-state index in [-0.39, 0.29) is 31.3 Å². The summed E-state index contributed by atoms with van der Waals surface area (Å²) in [6.45, 7) is -2.41. The van der Waals surface area contributed by atoms with E-state index in [0.717, 1.165) is 0 Å². The maximum Gasteiger partial charge on any atom is 0.329 e. The number of nitrogens with two attached hydrogens (primary N) is 1. The van der Waals surface area contributed by atoms with E-state index in [1.54, 1.807) is 18.2 Å². The van der Waals surface area contributed by atoms with Gasteiger partial charge in [0.15, 0.2) is 0 Å². The van der Waals surface area contributed by atoms with Gasteiger partial charge in [0, 0.05) is 12.1 Å². The van der Waals surface area contributed by atoms with E-state index in [0.29, 0.717) is 28.9 Å². The molecule has 3 N–H and O–H groups in total. The molecule has 6 nitrogen and oxygen atoms in total. The van der Waals surface area contributed by atoms with Crippen LogP contribution in [0, 0.1) is 11.3 Å². The van der Waals surface area contributed by atoms with Crippen molar-refractivity contribution in [3.05, 3.63) is 35.4 Å². The number of halogens is 5. The van der Waals surface area contributed by atoms with Crippen molar-refractivity contribution in [2.45, 2.75) is 37.1 Å². The highest BCUT2D eigenvalue weighted by Gasteiger charge is 2.64. The van der Waals surface area contributed by atoms with Crippen molar-refractivity contribution in [2.75, 3.05) is 19.6 Å². The fourth-order valence-corrected chi connectivity index (χ4v) is 2.80. The first-order chi connectivity index (χ1) is 13.1. The quantitative estimate of drug-likeness (QED) is 0.506. The summed E-state index contributed by atoms with van der Waals surface area (Å²) in [5.41, 5.74) is 6.33. The first-order valence-corrected chi connectivity index (χ1v) is 8.66. The summed E-state index contributed by atoms with van der Waals surface area (Å²) < 4.78 is 52.7. The molecule has 0 aliphatic carbocycles. The third kappa shape index (κ3) is 6.05. The molecule has 1 saturated heterocycles. The van der Waals surface area contributed by atoms with E-state index in [4.69, 9.17) is 11.0 Å². The fourth-order valence-electron chi connectivity index (χ4n) is 2.80. The zero-order valence-corrected chi connectivity index (χ0v) is 16.2. The summed E-state index contributed by atoms with van der Waals surface area (Å²) >= 11 is 0. The Balaban J connectivity index is 0.00000420. The molecule has 0 radical (unpaired) electrons. The van der Waals surface area contributed by atoms with Crippen LogP contribution in [0.1, 0.15) is 35.2 Å². The van der Waals surface area contributed by atoms with Gasteiger partial charge in [-0.05, 0) is 37.5 Å². The lowest BCUT2D eigenvalue weighted by molar-refractivity contribution is -0.172. The molecule has 11 heteroatoms. The predicted octanol–water partition coefficient (Wildman–Crippen LogP) is 2.32. The zero-order chi connectivity index (χ0) is 20.9. The Morgan fingerprint density at radius 3 is 2.41 bits per heavy atom. The van der Waals surface area contributed by atoms with Crippen LogP contribution in [0.15, 0.2) is 24.3 Å². The number of hydrogen-bond donors (Lipinski definition) is 2. The fraction of sp³-hybridized carbons (Fsp3) is 0.500. The van der Waals surface area contributed by atoms with Crippen molar-refractivity contribution in [1.29, 1.82) is 5.26 Å². The Labute approximate surface area is 171 Å². The minimum Gasteiger partial charge on any atom is -0.352 e. The molecule has 0 saturated carbocycles.